The molecule has 0 unspecified atom stereocenters. The van der Waals surface area contributed by atoms with Crippen LogP contribution in [0.5, 0.6) is 11.5 Å². The Hall–Kier alpha value is -0.890. The third-order valence-electron chi connectivity index (χ3n) is 1.43. The molecule has 0 fully saturated rings. The first-order chi connectivity index (χ1) is 5.77. The molecule has 0 bridgehead atoms. The molecule has 0 spiro atoms. The smallest absolute Gasteiger partial charge is 0.137 e. The zero-order valence-corrected chi connectivity index (χ0v) is 7.89. The molecule has 0 N–H and O–H groups in total. The number of hydrogen-bond acceptors (Lipinski definition) is 2. The third-order valence-corrected chi connectivity index (χ3v) is 1.73. The van der Waals surface area contributed by atoms with Crippen molar-refractivity contribution in [2.45, 2.75) is 6.92 Å². The van der Waals surface area contributed by atoms with Crippen LogP contribution in [0.25, 0.3) is 0 Å². The van der Waals surface area contributed by atoms with Gasteiger partial charge in [-0.3, -0.25) is 0 Å². The summed E-state index contributed by atoms with van der Waals surface area (Å²) in [6.07, 6.45) is 0. The summed E-state index contributed by atoms with van der Waals surface area (Å²) in [5.74, 6) is 1.43. The zero-order valence-electron chi connectivity index (χ0n) is 7.13. The highest BCUT2D eigenvalue weighted by molar-refractivity contribution is 6.32. The van der Waals surface area contributed by atoms with Crippen LogP contribution < -0.4 is 9.47 Å². The third kappa shape index (κ3) is 2.05. The van der Waals surface area contributed by atoms with Gasteiger partial charge in [0.15, 0.2) is 0 Å². The quantitative estimate of drug-likeness (QED) is 0.723. The minimum absolute atomic E-state index is 0.573. The average molecular weight is 187 g/mol. The molecule has 0 aliphatic carbocycles. The predicted octanol–water partition coefficient (Wildman–Crippen LogP) is 2.75. The Morgan fingerprint density at radius 2 is 2.17 bits per heavy atom. The standard InChI is InChI=1S/C9H11ClO2/c1-3-12-7-4-5-9(11-2)8(10)6-7/h4-6H,3H2,1-2H3. The van der Waals surface area contributed by atoms with Crippen molar-refractivity contribution in [3.8, 4) is 11.5 Å². The van der Waals surface area contributed by atoms with Crippen molar-refractivity contribution in [3.63, 3.8) is 0 Å². The lowest BCUT2D eigenvalue weighted by molar-refractivity contribution is 0.339. The van der Waals surface area contributed by atoms with Crippen LogP contribution in [0.4, 0.5) is 0 Å². The van der Waals surface area contributed by atoms with Gasteiger partial charge >= 0.3 is 0 Å². The molecule has 0 aliphatic heterocycles. The van der Waals surface area contributed by atoms with Crippen LogP contribution in [0.2, 0.25) is 5.02 Å². The van der Waals surface area contributed by atoms with Gasteiger partial charge in [-0.25, -0.2) is 0 Å². The van der Waals surface area contributed by atoms with Crippen LogP contribution in [0.3, 0.4) is 0 Å². The first-order valence-corrected chi connectivity index (χ1v) is 4.12. The molecule has 3 heteroatoms. The van der Waals surface area contributed by atoms with E-state index >= 15 is 0 Å². The van der Waals surface area contributed by atoms with E-state index in [-0.39, 0.29) is 0 Å². The van der Waals surface area contributed by atoms with Gasteiger partial charge in [0.2, 0.25) is 0 Å². The minimum atomic E-state index is 0.573. The molecule has 1 aromatic rings. The lowest BCUT2D eigenvalue weighted by Crippen LogP contribution is -1.91. The molecule has 2 nitrogen and oxygen atoms in total. The second-order valence-corrected chi connectivity index (χ2v) is 2.64. The Bertz CT molecular complexity index is 261. The van der Waals surface area contributed by atoms with Gasteiger partial charge in [0, 0.05) is 6.07 Å². The van der Waals surface area contributed by atoms with Crippen LogP contribution >= 0.6 is 11.6 Å². The van der Waals surface area contributed by atoms with E-state index in [9.17, 15) is 0 Å². The van der Waals surface area contributed by atoms with Crippen LogP contribution in [0, 0.1) is 0 Å². The van der Waals surface area contributed by atoms with Crippen LogP contribution in [0.1, 0.15) is 6.92 Å². The Morgan fingerprint density at radius 3 is 2.67 bits per heavy atom. The number of ether oxygens (including phenoxy) is 2. The highest BCUT2D eigenvalue weighted by atomic mass is 35.5. The molecular weight excluding hydrogens is 176 g/mol. The van der Waals surface area contributed by atoms with E-state index in [1.54, 1.807) is 19.2 Å². The zero-order chi connectivity index (χ0) is 8.97. The lowest BCUT2D eigenvalue weighted by atomic mass is 10.3. The molecule has 66 valence electrons. The fraction of sp³-hybridized carbons (Fsp3) is 0.333. The van der Waals surface area contributed by atoms with Crippen molar-refractivity contribution in [2.75, 3.05) is 13.7 Å². The van der Waals surface area contributed by atoms with E-state index in [1.807, 2.05) is 13.0 Å². The van der Waals surface area contributed by atoms with Crippen LogP contribution in [-0.4, -0.2) is 13.7 Å². The van der Waals surface area contributed by atoms with E-state index in [1.165, 1.54) is 0 Å². The molecule has 0 aromatic heterocycles. The maximum atomic E-state index is 5.86. The maximum Gasteiger partial charge on any atom is 0.137 e. The number of halogens is 1. The highest BCUT2D eigenvalue weighted by Crippen LogP contribution is 2.28. The summed E-state index contributed by atoms with van der Waals surface area (Å²) < 4.78 is 10.2. The van der Waals surface area contributed by atoms with E-state index < -0.39 is 0 Å². The predicted molar refractivity (Wildman–Crippen MR) is 49.2 cm³/mol. The summed E-state index contributed by atoms with van der Waals surface area (Å²) in [4.78, 5) is 0. The Morgan fingerprint density at radius 1 is 1.42 bits per heavy atom. The van der Waals surface area contributed by atoms with Crippen LogP contribution in [-0.2, 0) is 0 Å². The van der Waals surface area contributed by atoms with Crippen molar-refractivity contribution in [1.82, 2.24) is 0 Å². The molecule has 0 atom stereocenters. The lowest BCUT2D eigenvalue weighted by Gasteiger charge is -2.05. The normalized spacial score (nSPS) is 9.58. The van der Waals surface area contributed by atoms with Crippen molar-refractivity contribution >= 4 is 11.6 Å². The van der Waals surface area contributed by atoms with Crippen molar-refractivity contribution in [3.05, 3.63) is 23.2 Å². The Balaban J connectivity index is 2.86. The van der Waals surface area contributed by atoms with Gasteiger partial charge in [0.1, 0.15) is 11.5 Å². The van der Waals surface area contributed by atoms with Gasteiger partial charge in [-0.05, 0) is 19.1 Å². The fourth-order valence-electron chi connectivity index (χ4n) is 0.904. The van der Waals surface area contributed by atoms with Crippen LogP contribution in [0.15, 0.2) is 18.2 Å². The van der Waals surface area contributed by atoms with E-state index in [4.69, 9.17) is 21.1 Å². The molecule has 1 rings (SSSR count). The first-order valence-electron chi connectivity index (χ1n) is 3.74. The van der Waals surface area contributed by atoms with Crippen molar-refractivity contribution in [2.24, 2.45) is 0 Å². The van der Waals surface area contributed by atoms with Gasteiger partial charge in [0.25, 0.3) is 0 Å². The van der Waals surface area contributed by atoms with Gasteiger partial charge in [-0.15, -0.1) is 0 Å². The average Bonchev–Trinajstić information content (AvgIpc) is 2.05. The van der Waals surface area contributed by atoms with Gasteiger partial charge in [0.05, 0.1) is 18.7 Å². The van der Waals surface area contributed by atoms with Gasteiger partial charge in [-0.1, -0.05) is 11.6 Å². The van der Waals surface area contributed by atoms with Gasteiger partial charge in [-0.2, -0.15) is 0 Å². The molecule has 0 amide bonds. The van der Waals surface area contributed by atoms with E-state index in [0.717, 1.165) is 5.75 Å². The molecule has 0 heterocycles. The first kappa shape index (κ1) is 9.20. The van der Waals surface area contributed by atoms with E-state index in [0.29, 0.717) is 17.4 Å². The fourth-order valence-corrected chi connectivity index (χ4v) is 1.15. The SMILES string of the molecule is CCOc1ccc(OC)c(Cl)c1. The number of benzene rings is 1. The monoisotopic (exact) mass is 186 g/mol. The summed E-state index contributed by atoms with van der Waals surface area (Å²) in [6, 6.07) is 5.35. The minimum Gasteiger partial charge on any atom is -0.495 e. The Labute approximate surface area is 77.1 Å². The van der Waals surface area contributed by atoms with Gasteiger partial charge < -0.3 is 9.47 Å². The Kier molecular flexibility index (Phi) is 3.23. The topological polar surface area (TPSA) is 18.5 Å². The van der Waals surface area contributed by atoms with E-state index in [2.05, 4.69) is 0 Å². The highest BCUT2D eigenvalue weighted by Gasteiger charge is 2.00. The summed E-state index contributed by atoms with van der Waals surface area (Å²) in [7, 11) is 1.58. The summed E-state index contributed by atoms with van der Waals surface area (Å²) in [5.41, 5.74) is 0. The molecule has 1 aromatic carbocycles. The number of rotatable bonds is 3. The molecule has 0 aliphatic rings. The second kappa shape index (κ2) is 4.21. The largest absolute Gasteiger partial charge is 0.495 e. The number of hydrogen-bond donors (Lipinski definition) is 0. The van der Waals surface area contributed by atoms with Crippen molar-refractivity contribution in [1.29, 1.82) is 0 Å². The molecule has 0 saturated carbocycles. The molecule has 12 heavy (non-hydrogen) atoms. The molecule has 0 radical (unpaired) electrons. The number of methoxy groups -OCH3 is 1. The molecular formula is C9H11ClO2. The second-order valence-electron chi connectivity index (χ2n) is 2.23. The summed E-state index contributed by atoms with van der Waals surface area (Å²) in [6.45, 7) is 2.57. The summed E-state index contributed by atoms with van der Waals surface area (Å²) in [5, 5.41) is 0.573. The van der Waals surface area contributed by atoms with Crippen molar-refractivity contribution < 1.29 is 9.47 Å². The summed E-state index contributed by atoms with van der Waals surface area (Å²) >= 11 is 5.86. The molecule has 0 saturated heterocycles. The maximum absolute atomic E-state index is 5.86.